The summed E-state index contributed by atoms with van der Waals surface area (Å²) in [6, 6.07) is 7.19. The van der Waals surface area contributed by atoms with E-state index in [0.29, 0.717) is 29.8 Å². The Balaban J connectivity index is 1.81. The number of nitrogens with one attached hydrogen (secondary N) is 1. The highest BCUT2D eigenvalue weighted by atomic mass is 16.5. The summed E-state index contributed by atoms with van der Waals surface area (Å²) in [6.45, 7) is 9.75. The van der Waals surface area contributed by atoms with E-state index in [4.69, 9.17) is 9.47 Å². The first-order valence-electron chi connectivity index (χ1n) is 9.28. The Morgan fingerprint density at radius 2 is 2.00 bits per heavy atom. The molecule has 6 heteroatoms. The van der Waals surface area contributed by atoms with E-state index in [1.54, 1.807) is 24.3 Å². The number of benzene rings is 1. The van der Waals surface area contributed by atoms with Crippen molar-refractivity contribution in [3.63, 3.8) is 0 Å². The van der Waals surface area contributed by atoms with Gasteiger partial charge in [-0.2, -0.15) is 0 Å². The fourth-order valence-corrected chi connectivity index (χ4v) is 3.08. The fraction of sp³-hybridized carbons (Fsp3) is 0.600. The van der Waals surface area contributed by atoms with Gasteiger partial charge in [-0.1, -0.05) is 26.0 Å². The van der Waals surface area contributed by atoms with Crippen LogP contribution < -0.4 is 10.1 Å². The molecular weight excluding hydrogens is 332 g/mol. The molecule has 2 rings (SSSR count). The highest BCUT2D eigenvalue weighted by molar-refractivity contribution is 5.94. The topological polar surface area (TPSA) is 67.9 Å². The zero-order valence-electron chi connectivity index (χ0n) is 16.0. The number of rotatable bonds is 9. The number of ether oxygens (including phenoxy) is 2. The van der Waals surface area contributed by atoms with Crippen molar-refractivity contribution in [1.82, 2.24) is 10.2 Å². The molecule has 0 bridgehead atoms. The second-order valence-electron chi connectivity index (χ2n) is 7.11. The molecule has 0 aliphatic carbocycles. The van der Waals surface area contributed by atoms with Gasteiger partial charge in [-0.25, -0.2) is 0 Å². The van der Waals surface area contributed by atoms with Crippen LogP contribution in [-0.4, -0.2) is 62.1 Å². The number of hydrogen-bond acceptors (Lipinski definition) is 5. The maximum absolute atomic E-state index is 12.2. The highest BCUT2D eigenvalue weighted by Crippen LogP contribution is 2.14. The Morgan fingerprint density at radius 3 is 2.65 bits per heavy atom. The third-order valence-corrected chi connectivity index (χ3v) is 4.45. The van der Waals surface area contributed by atoms with Gasteiger partial charge in [0.2, 0.25) is 0 Å². The standard InChI is InChI=1S/C20H30N2O4/c1-15(2)11-18(22-7-9-25-10-8-22)13-21-20(24)14-26-19-6-4-5-17(12-19)16(3)23/h4-6,12,15,18H,7-11,13-14H2,1-3H3,(H,21,24). The molecule has 26 heavy (non-hydrogen) atoms. The van der Waals surface area contributed by atoms with Crippen LogP contribution in [0, 0.1) is 5.92 Å². The van der Waals surface area contributed by atoms with Crippen LogP contribution in [0.5, 0.6) is 5.75 Å². The van der Waals surface area contributed by atoms with Gasteiger partial charge in [-0.3, -0.25) is 14.5 Å². The van der Waals surface area contributed by atoms with E-state index >= 15 is 0 Å². The maximum Gasteiger partial charge on any atom is 0.257 e. The molecular formula is C20H30N2O4. The van der Waals surface area contributed by atoms with E-state index in [2.05, 4.69) is 24.1 Å². The van der Waals surface area contributed by atoms with E-state index in [1.165, 1.54) is 6.92 Å². The Hall–Kier alpha value is -1.92. The first-order chi connectivity index (χ1) is 12.5. The van der Waals surface area contributed by atoms with Gasteiger partial charge in [0.05, 0.1) is 13.2 Å². The lowest BCUT2D eigenvalue weighted by Gasteiger charge is -2.35. The summed E-state index contributed by atoms with van der Waals surface area (Å²) in [6.07, 6.45) is 1.03. The molecule has 6 nitrogen and oxygen atoms in total. The zero-order chi connectivity index (χ0) is 18.9. The minimum absolute atomic E-state index is 0.0260. The second-order valence-corrected chi connectivity index (χ2v) is 7.11. The molecule has 1 amide bonds. The molecule has 1 aromatic carbocycles. The summed E-state index contributed by atoms with van der Waals surface area (Å²) >= 11 is 0. The predicted molar refractivity (Wildman–Crippen MR) is 101 cm³/mol. The average Bonchev–Trinajstić information content (AvgIpc) is 2.64. The Labute approximate surface area is 155 Å². The maximum atomic E-state index is 12.2. The first-order valence-corrected chi connectivity index (χ1v) is 9.28. The number of Topliss-reactive ketones (excluding diaryl/α,β-unsaturated/α-hetero) is 1. The number of carbonyl (C=O) groups excluding carboxylic acids is 2. The largest absolute Gasteiger partial charge is 0.484 e. The second kappa shape index (κ2) is 10.3. The number of hydrogen-bond donors (Lipinski definition) is 1. The summed E-state index contributed by atoms with van der Waals surface area (Å²) < 4.78 is 10.9. The number of morpholine rings is 1. The Morgan fingerprint density at radius 1 is 1.27 bits per heavy atom. The van der Waals surface area contributed by atoms with Crippen LogP contribution in [0.3, 0.4) is 0 Å². The molecule has 1 atom stereocenters. The Bertz CT molecular complexity index is 597. The smallest absolute Gasteiger partial charge is 0.257 e. The summed E-state index contributed by atoms with van der Waals surface area (Å²) in [5.41, 5.74) is 0.576. The molecule has 1 aromatic rings. The van der Waals surface area contributed by atoms with Gasteiger partial charge in [0.25, 0.3) is 5.91 Å². The van der Waals surface area contributed by atoms with Crippen LogP contribution in [0.4, 0.5) is 0 Å². The van der Waals surface area contributed by atoms with Crippen molar-refractivity contribution in [2.75, 3.05) is 39.5 Å². The SMILES string of the molecule is CC(=O)c1cccc(OCC(=O)NCC(CC(C)C)N2CCOCC2)c1. The van der Waals surface area contributed by atoms with Crippen LogP contribution >= 0.6 is 0 Å². The Kier molecular flexibility index (Phi) is 8.06. The van der Waals surface area contributed by atoms with Gasteiger partial charge in [0.1, 0.15) is 5.75 Å². The van der Waals surface area contributed by atoms with Gasteiger partial charge in [0.15, 0.2) is 12.4 Å². The lowest BCUT2D eigenvalue weighted by atomic mass is 10.0. The third-order valence-electron chi connectivity index (χ3n) is 4.45. The normalized spacial score (nSPS) is 16.3. The van der Waals surface area contributed by atoms with Crippen molar-refractivity contribution in [3.8, 4) is 5.75 Å². The molecule has 1 heterocycles. The lowest BCUT2D eigenvalue weighted by Crippen LogP contribution is -2.49. The van der Waals surface area contributed by atoms with Crippen molar-refractivity contribution in [2.24, 2.45) is 5.92 Å². The molecule has 144 valence electrons. The average molecular weight is 362 g/mol. The summed E-state index contributed by atoms with van der Waals surface area (Å²) in [5.74, 6) is 0.910. The van der Waals surface area contributed by atoms with E-state index in [9.17, 15) is 9.59 Å². The minimum atomic E-state index is -0.153. The molecule has 1 saturated heterocycles. The van der Waals surface area contributed by atoms with Gasteiger partial charge in [-0.05, 0) is 31.4 Å². The van der Waals surface area contributed by atoms with Gasteiger partial charge < -0.3 is 14.8 Å². The summed E-state index contributed by atoms with van der Waals surface area (Å²) in [7, 11) is 0. The van der Waals surface area contributed by atoms with E-state index < -0.39 is 0 Å². The molecule has 1 unspecified atom stereocenters. The van der Waals surface area contributed by atoms with Crippen molar-refractivity contribution in [3.05, 3.63) is 29.8 Å². The fourth-order valence-electron chi connectivity index (χ4n) is 3.08. The highest BCUT2D eigenvalue weighted by Gasteiger charge is 2.22. The van der Waals surface area contributed by atoms with Crippen LogP contribution in [0.25, 0.3) is 0 Å². The number of ketones is 1. The van der Waals surface area contributed by atoms with Crippen LogP contribution in [0.1, 0.15) is 37.6 Å². The predicted octanol–water partition coefficient (Wildman–Crippen LogP) is 2.13. The van der Waals surface area contributed by atoms with Gasteiger partial charge in [0, 0.05) is 31.2 Å². The molecule has 1 aliphatic heterocycles. The van der Waals surface area contributed by atoms with E-state index in [-0.39, 0.29) is 18.3 Å². The van der Waals surface area contributed by atoms with Gasteiger partial charge >= 0.3 is 0 Å². The van der Waals surface area contributed by atoms with Crippen LogP contribution in [-0.2, 0) is 9.53 Å². The zero-order valence-corrected chi connectivity index (χ0v) is 16.0. The monoisotopic (exact) mass is 362 g/mol. The third kappa shape index (κ3) is 6.77. The minimum Gasteiger partial charge on any atom is -0.484 e. The van der Waals surface area contributed by atoms with E-state index in [0.717, 1.165) is 32.7 Å². The van der Waals surface area contributed by atoms with Crippen LogP contribution in [0.15, 0.2) is 24.3 Å². The molecule has 1 aliphatic rings. The molecule has 0 spiro atoms. The number of nitrogens with zero attached hydrogens (tertiary/aromatic N) is 1. The summed E-state index contributed by atoms with van der Waals surface area (Å²) in [5, 5.41) is 2.98. The van der Waals surface area contributed by atoms with E-state index in [1.807, 2.05) is 0 Å². The van der Waals surface area contributed by atoms with Crippen molar-refractivity contribution in [1.29, 1.82) is 0 Å². The van der Waals surface area contributed by atoms with Crippen LogP contribution in [0.2, 0.25) is 0 Å². The van der Waals surface area contributed by atoms with Gasteiger partial charge in [-0.15, -0.1) is 0 Å². The quantitative estimate of drug-likeness (QED) is 0.682. The first kappa shape index (κ1) is 20.4. The molecule has 1 fully saturated rings. The lowest BCUT2D eigenvalue weighted by molar-refractivity contribution is -0.123. The molecule has 1 N–H and O–H groups in total. The molecule has 0 saturated carbocycles. The van der Waals surface area contributed by atoms with Crippen molar-refractivity contribution < 1.29 is 19.1 Å². The number of carbonyl (C=O) groups is 2. The summed E-state index contributed by atoms with van der Waals surface area (Å²) in [4.78, 5) is 26.0. The molecule has 0 aromatic heterocycles. The van der Waals surface area contributed by atoms with Crippen molar-refractivity contribution in [2.45, 2.75) is 33.2 Å². The molecule has 0 radical (unpaired) electrons. The number of amides is 1. The van der Waals surface area contributed by atoms with Crippen molar-refractivity contribution >= 4 is 11.7 Å².